The number of amides is 1. The second-order valence-electron chi connectivity index (χ2n) is 8.36. The van der Waals surface area contributed by atoms with Crippen molar-refractivity contribution < 1.29 is 9.53 Å². The zero-order valence-electron chi connectivity index (χ0n) is 18.9. The summed E-state index contributed by atoms with van der Waals surface area (Å²) < 4.78 is 7.23. The normalized spacial score (nSPS) is 16.9. The number of thioether (sulfide) groups is 1. The van der Waals surface area contributed by atoms with Crippen LogP contribution in [0.2, 0.25) is 0 Å². The summed E-state index contributed by atoms with van der Waals surface area (Å²) in [6, 6.07) is 12.8. The Morgan fingerprint density at radius 2 is 2.06 bits per heavy atom. The van der Waals surface area contributed by atoms with Crippen molar-refractivity contribution in [1.29, 1.82) is 0 Å². The van der Waals surface area contributed by atoms with E-state index < -0.39 is 0 Å². The summed E-state index contributed by atoms with van der Waals surface area (Å²) in [5, 5.41) is 5.16. The number of likely N-dealkylation sites (tertiary alicyclic amines) is 1. The molecule has 32 heavy (non-hydrogen) atoms. The van der Waals surface area contributed by atoms with Crippen molar-refractivity contribution in [2.45, 2.75) is 49.6 Å². The van der Waals surface area contributed by atoms with Gasteiger partial charge in [-0.15, -0.1) is 11.8 Å². The van der Waals surface area contributed by atoms with Crippen molar-refractivity contribution in [2.75, 3.05) is 26.7 Å². The lowest BCUT2D eigenvalue weighted by Gasteiger charge is -2.33. The van der Waals surface area contributed by atoms with Gasteiger partial charge in [0.2, 0.25) is 5.91 Å². The van der Waals surface area contributed by atoms with Gasteiger partial charge in [0.25, 0.3) is 0 Å². The molecule has 2 aromatic heterocycles. The highest BCUT2D eigenvalue weighted by Gasteiger charge is 2.17. The number of nitrogens with zero attached hydrogens (tertiary/aromatic N) is 3. The maximum atomic E-state index is 12.5. The van der Waals surface area contributed by atoms with Crippen LogP contribution < -0.4 is 10.1 Å². The third-order valence-electron chi connectivity index (χ3n) is 6.17. The van der Waals surface area contributed by atoms with Crippen LogP contribution in [0.25, 0.3) is 10.9 Å². The minimum absolute atomic E-state index is 0.0522. The first-order valence-corrected chi connectivity index (χ1v) is 12.3. The Kier molecular flexibility index (Phi) is 7.71. The standard InChI is InChI=1S/C25H32N4O2S/c1-19-5-3-4-14-28(19)16-13-26-24(30)17-29-15-11-22-23(29)10-12-27-25(22)32-18-20-6-8-21(31-2)9-7-20/h6-12,15,19H,3-5,13-14,16-18H2,1-2H3,(H,26,30). The summed E-state index contributed by atoms with van der Waals surface area (Å²) in [7, 11) is 1.68. The Morgan fingerprint density at radius 3 is 2.84 bits per heavy atom. The fourth-order valence-electron chi connectivity index (χ4n) is 4.26. The number of hydrogen-bond acceptors (Lipinski definition) is 5. The van der Waals surface area contributed by atoms with E-state index in [-0.39, 0.29) is 5.91 Å². The SMILES string of the molecule is COc1ccc(CSc2nccc3c2ccn3CC(=O)NCCN2CCCCC2C)cc1. The first-order chi connectivity index (χ1) is 15.6. The van der Waals surface area contributed by atoms with E-state index in [9.17, 15) is 4.79 Å². The first-order valence-electron chi connectivity index (χ1n) is 11.3. The Bertz CT molecular complexity index is 1030. The van der Waals surface area contributed by atoms with Gasteiger partial charge in [-0.25, -0.2) is 4.98 Å². The van der Waals surface area contributed by atoms with Crippen molar-refractivity contribution in [1.82, 2.24) is 19.8 Å². The first kappa shape index (κ1) is 22.7. The van der Waals surface area contributed by atoms with Crippen LogP contribution in [-0.2, 0) is 17.1 Å². The van der Waals surface area contributed by atoms with Gasteiger partial charge in [0, 0.05) is 42.7 Å². The molecule has 1 aromatic carbocycles. The zero-order chi connectivity index (χ0) is 22.3. The number of benzene rings is 1. The van der Waals surface area contributed by atoms with Gasteiger partial charge < -0.3 is 14.6 Å². The van der Waals surface area contributed by atoms with Gasteiger partial charge in [-0.3, -0.25) is 9.69 Å². The fourth-order valence-corrected chi connectivity index (χ4v) is 5.22. The van der Waals surface area contributed by atoms with Gasteiger partial charge in [-0.05, 0) is 56.1 Å². The van der Waals surface area contributed by atoms with Crippen LogP contribution in [0.1, 0.15) is 31.7 Å². The molecule has 0 spiro atoms. The van der Waals surface area contributed by atoms with Gasteiger partial charge in [0.05, 0.1) is 12.6 Å². The fraction of sp³-hybridized carbons (Fsp3) is 0.440. The summed E-state index contributed by atoms with van der Waals surface area (Å²) in [4.78, 5) is 19.6. The lowest BCUT2D eigenvalue weighted by atomic mass is 10.0. The highest BCUT2D eigenvalue weighted by Crippen LogP contribution is 2.29. The van der Waals surface area contributed by atoms with Crippen molar-refractivity contribution in [2.24, 2.45) is 0 Å². The second kappa shape index (κ2) is 10.9. The molecule has 1 N–H and O–H groups in total. The van der Waals surface area contributed by atoms with E-state index in [0.29, 0.717) is 19.1 Å². The Hall–Kier alpha value is -2.51. The molecule has 1 aliphatic rings. The Morgan fingerprint density at radius 1 is 1.22 bits per heavy atom. The van der Waals surface area contributed by atoms with Gasteiger partial charge in [0.15, 0.2) is 0 Å². The number of nitrogens with one attached hydrogen (secondary N) is 1. The minimum atomic E-state index is 0.0522. The van der Waals surface area contributed by atoms with E-state index in [1.165, 1.54) is 24.8 Å². The van der Waals surface area contributed by atoms with Crippen molar-refractivity contribution in [3.8, 4) is 5.75 Å². The average molecular weight is 453 g/mol. The third kappa shape index (κ3) is 5.64. The number of pyridine rings is 1. The quantitative estimate of drug-likeness (QED) is 0.490. The molecule has 1 aliphatic heterocycles. The number of carbonyl (C=O) groups is 1. The van der Waals surface area contributed by atoms with Gasteiger partial charge in [-0.1, -0.05) is 18.6 Å². The molecule has 1 atom stereocenters. The molecule has 1 fully saturated rings. The van der Waals surface area contributed by atoms with Gasteiger partial charge >= 0.3 is 0 Å². The summed E-state index contributed by atoms with van der Waals surface area (Å²) in [6.45, 7) is 5.38. The smallest absolute Gasteiger partial charge is 0.239 e. The number of methoxy groups -OCH3 is 1. The molecule has 1 unspecified atom stereocenters. The van der Waals surface area contributed by atoms with E-state index in [1.54, 1.807) is 18.9 Å². The van der Waals surface area contributed by atoms with Crippen molar-refractivity contribution in [3.63, 3.8) is 0 Å². The van der Waals surface area contributed by atoms with Crippen molar-refractivity contribution >= 4 is 28.6 Å². The Balaban J connectivity index is 1.33. The molecule has 0 saturated carbocycles. The van der Waals surface area contributed by atoms with Gasteiger partial charge in [-0.2, -0.15) is 0 Å². The number of fused-ring (bicyclic) bond motifs is 1. The van der Waals surface area contributed by atoms with Gasteiger partial charge in [0.1, 0.15) is 17.3 Å². The monoisotopic (exact) mass is 452 g/mol. The van der Waals surface area contributed by atoms with Crippen LogP contribution in [0.3, 0.4) is 0 Å². The third-order valence-corrected chi connectivity index (χ3v) is 7.25. The molecule has 170 valence electrons. The van der Waals surface area contributed by atoms with Crippen molar-refractivity contribution in [3.05, 3.63) is 54.4 Å². The summed E-state index contributed by atoms with van der Waals surface area (Å²) in [6.07, 6.45) is 7.65. The lowest BCUT2D eigenvalue weighted by molar-refractivity contribution is -0.121. The van der Waals surface area contributed by atoms with Crippen LogP contribution in [0.5, 0.6) is 5.75 Å². The van der Waals surface area contributed by atoms with Crippen LogP contribution in [0.15, 0.2) is 53.8 Å². The highest BCUT2D eigenvalue weighted by molar-refractivity contribution is 7.98. The van der Waals surface area contributed by atoms with Crippen LogP contribution >= 0.6 is 11.8 Å². The van der Waals surface area contributed by atoms with E-state index in [4.69, 9.17) is 4.74 Å². The summed E-state index contributed by atoms with van der Waals surface area (Å²) in [5.74, 6) is 1.74. The molecule has 6 nitrogen and oxygen atoms in total. The highest BCUT2D eigenvalue weighted by atomic mass is 32.2. The molecule has 0 radical (unpaired) electrons. The molecule has 3 aromatic rings. The molecular weight excluding hydrogens is 420 g/mol. The molecule has 4 rings (SSSR count). The number of rotatable bonds is 9. The maximum absolute atomic E-state index is 12.5. The predicted molar refractivity (Wildman–Crippen MR) is 130 cm³/mol. The number of ether oxygens (including phenoxy) is 1. The summed E-state index contributed by atoms with van der Waals surface area (Å²) in [5.41, 5.74) is 2.26. The number of carbonyl (C=O) groups excluding carboxylic acids is 1. The topological polar surface area (TPSA) is 59.4 Å². The van der Waals surface area contributed by atoms with Crippen LogP contribution in [0, 0.1) is 0 Å². The molecule has 1 saturated heterocycles. The zero-order valence-corrected chi connectivity index (χ0v) is 19.7. The summed E-state index contributed by atoms with van der Waals surface area (Å²) >= 11 is 1.71. The number of hydrogen-bond donors (Lipinski definition) is 1. The second-order valence-corrected chi connectivity index (χ2v) is 9.32. The average Bonchev–Trinajstić information content (AvgIpc) is 3.22. The molecule has 1 amide bonds. The molecule has 7 heteroatoms. The molecule has 0 aliphatic carbocycles. The van der Waals surface area contributed by atoms with E-state index >= 15 is 0 Å². The largest absolute Gasteiger partial charge is 0.497 e. The van der Waals surface area contributed by atoms with E-state index in [1.807, 2.05) is 35.2 Å². The Labute approximate surface area is 194 Å². The predicted octanol–water partition coefficient (Wildman–Crippen LogP) is 4.33. The number of piperidine rings is 1. The molecule has 3 heterocycles. The maximum Gasteiger partial charge on any atom is 0.239 e. The minimum Gasteiger partial charge on any atom is -0.497 e. The lowest BCUT2D eigenvalue weighted by Crippen LogP contribution is -2.42. The van der Waals surface area contributed by atoms with Crippen LogP contribution in [0.4, 0.5) is 0 Å². The number of aromatic nitrogens is 2. The van der Waals surface area contributed by atoms with E-state index in [0.717, 1.165) is 40.5 Å². The molecular formula is C25H32N4O2S. The van der Waals surface area contributed by atoms with E-state index in [2.05, 4.69) is 40.3 Å². The molecule has 0 bridgehead atoms. The van der Waals surface area contributed by atoms with Crippen LogP contribution in [-0.4, -0.2) is 53.1 Å².